The van der Waals surface area contributed by atoms with Gasteiger partial charge in [0, 0.05) is 24.7 Å². The zero-order chi connectivity index (χ0) is 17.8. The Morgan fingerprint density at radius 1 is 1.24 bits per heavy atom. The molecule has 3 aliphatic rings. The summed E-state index contributed by atoms with van der Waals surface area (Å²) in [6.07, 6.45) is 9.75. The summed E-state index contributed by atoms with van der Waals surface area (Å²) in [5.41, 5.74) is 7.18. The Morgan fingerprint density at radius 3 is 2.64 bits per heavy atom. The van der Waals surface area contributed by atoms with Crippen molar-refractivity contribution in [3.8, 4) is 0 Å². The van der Waals surface area contributed by atoms with E-state index in [9.17, 15) is 4.79 Å². The molecular formula is C20H30N4O. The van der Waals surface area contributed by atoms with Crippen molar-refractivity contribution in [3.05, 3.63) is 17.6 Å². The van der Waals surface area contributed by atoms with Crippen molar-refractivity contribution in [2.24, 2.45) is 10.8 Å². The second kappa shape index (κ2) is 5.68. The first-order valence-electron chi connectivity index (χ1n) is 9.70. The Kier molecular flexibility index (Phi) is 3.82. The van der Waals surface area contributed by atoms with Gasteiger partial charge in [-0.25, -0.2) is 9.97 Å². The highest BCUT2D eigenvalue weighted by Crippen LogP contribution is 2.52. The van der Waals surface area contributed by atoms with E-state index in [1.807, 2.05) is 4.90 Å². The van der Waals surface area contributed by atoms with E-state index in [4.69, 9.17) is 5.73 Å². The van der Waals surface area contributed by atoms with Crippen LogP contribution in [0.25, 0.3) is 0 Å². The van der Waals surface area contributed by atoms with Crippen LogP contribution in [0.5, 0.6) is 0 Å². The van der Waals surface area contributed by atoms with Gasteiger partial charge in [-0.15, -0.1) is 0 Å². The van der Waals surface area contributed by atoms with E-state index in [1.165, 1.54) is 19.3 Å². The van der Waals surface area contributed by atoms with Crippen LogP contribution < -0.4 is 5.73 Å². The van der Waals surface area contributed by atoms with E-state index in [1.54, 1.807) is 6.20 Å². The van der Waals surface area contributed by atoms with Crippen LogP contribution in [-0.2, 0) is 0 Å². The molecule has 4 rings (SSSR count). The van der Waals surface area contributed by atoms with Crippen molar-refractivity contribution in [2.75, 3.05) is 12.3 Å². The molecule has 25 heavy (non-hydrogen) atoms. The Morgan fingerprint density at radius 2 is 1.96 bits per heavy atom. The van der Waals surface area contributed by atoms with E-state index in [0.717, 1.165) is 38.1 Å². The summed E-state index contributed by atoms with van der Waals surface area (Å²) >= 11 is 0. The van der Waals surface area contributed by atoms with Gasteiger partial charge in [0.1, 0.15) is 17.2 Å². The summed E-state index contributed by atoms with van der Waals surface area (Å²) in [7, 11) is 0. The van der Waals surface area contributed by atoms with Crippen LogP contribution >= 0.6 is 0 Å². The summed E-state index contributed by atoms with van der Waals surface area (Å²) in [6.45, 7) is 7.78. The maximum atomic E-state index is 13.2. The average Bonchev–Trinajstić information content (AvgIpc) is 3.11. The second-order valence-corrected chi connectivity index (χ2v) is 9.66. The van der Waals surface area contributed by atoms with Gasteiger partial charge in [-0.2, -0.15) is 0 Å². The number of hydrogen-bond donors (Lipinski definition) is 1. The Balaban J connectivity index is 1.57. The van der Waals surface area contributed by atoms with Crippen LogP contribution in [0.3, 0.4) is 0 Å². The highest BCUT2D eigenvalue weighted by molar-refractivity contribution is 5.98. The van der Waals surface area contributed by atoms with Crippen molar-refractivity contribution >= 4 is 11.7 Å². The third-order valence-corrected chi connectivity index (χ3v) is 6.46. The fraction of sp³-hybridized carbons (Fsp3) is 0.750. The first-order valence-corrected chi connectivity index (χ1v) is 9.70. The van der Waals surface area contributed by atoms with Gasteiger partial charge in [-0.3, -0.25) is 4.79 Å². The topological polar surface area (TPSA) is 72.1 Å². The summed E-state index contributed by atoms with van der Waals surface area (Å²) in [5, 5.41) is 0. The predicted octanol–water partition coefficient (Wildman–Crippen LogP) is 3.76. The first kappa shape index (κ1) is 16.8. The lowest BCUT2D eigenvalue weighted by Gasteiger charge is -2.39. The average molecular weight is 342 g/mol. The second-order valence-electron chi connectivity index (χ2n) is 9.66. The molecule has 1 aromatic rings. The molecule has 2 heterocycles. The van der Waals surface area contributed by atoms with Crippen molar-refractivity contribution in [1.82, 2.24) is 14.9 Å². The zero-order valence-electron chi connectivity index (χ0n) is 15.7. The number of carbonyl (C=O) groups is 1. The molecule has 1 saturated heterocycles. The first-order chi connectivity index (χ1) is 11.8. The van der Waals surface area contributed by atoms with Crippen LogP contribution in [0.15, 0.2) is 6.20 Å². The van der Waals surface area contributed by atoms with Gasteiger partial charge in [0.15, 0.2) is 0 Å². The fourth-order valence-corrected chi connectivity index (χ4v) is 5.81. The third kappa shape index (κ3) is 3.02. The highest BCUT2D eigenvalue weighted by Gasteiger charge is 2.51. The number of anilines is 1. The van der Waals surface area contributed by atoms with Crippen LogP contribution in [0, 0.1) is 10.8 Å². The summed E-state index contributed by atoms with van der Waals surface area (Å²) in [6, 6.07) is 0.315. The number of rotatable bonds is 2. The molecule has 2 atom stereocenters. The standard InChI is InChI=1S/C20H30N4O/c1-19(2)8-14-9-20(3,11-19)12-24(14)18(25)15-10-22-17(23-16(15)21)13-6-4-5-7-13/h10,13-14H,4-9,11-12H2,1-3H3,(H2,21,22,23). The smallest absolute Gasteiger partial charge is 0.259 e. The maximum absolute atomic E-state index is 13.2. The molecule has 1 aromatic heterocycles. The minimum atomic E-state index is 0.0156. The minimum absolute atomic E-state index is 0.0156. The van der Waals surface area contributed by atoms with Gasteiger partial charge in [0.05, 0.1) is 0 Å². The lowest BCUT2D eigenvalue weighted by molar-refractivity contribution is 0.0708. The van der Waals surface area contributed by atoms with Crippen LogP contribution in [-0.4, -0.2) is 33.4 Å². The largest absolute Gasteiger partial charge is 0.383 e. The van der Waals surface area contributed by atoms with Gasteiger partial charge in [0.25, 0.3) is 5.91 Å². The van der Waals surface area contributed by atoms with E-state index < -0.39 is 0 Å². The molecule has 2 N–H and O–H groups in total. The monoisotopic (exact) mass is 342 g/mol. The van der Waals surface area contributed by atoms with Crippen LogP contribution in [0.2, 0.25) is 0 Å². The van der Waals surface area contributed by atoms with Gasteiger partial charge in [-0.1, -0.05) is 33.6 Å². The van der Waals surface area contributed by atoms with Crippen molar-refractivity contribution in [1.29, 1.82) is 0 Å². The minimum Gasteiger partial charge on any atom is -0.383 e. The van der Waals surface area contributed by atoms with Gasteiger partial charge in [-0.05, 0) is 42.9 Å². The third-order valence-electron chi connectivity index (χ3n) is 6.46. The molecule has 136 valence electrons. The van der Waals surface area contributed by atoms with E-state index in [0.29, 0.717) is 28.8 Å². The lowest BCUT2D eigenvalue weighted by atomic mass is 9.65. The summed E-state index contributed by atoms with van der Waals surface area (Å²) in [5.74, 6) is 1.60. The zero-order valence-corrected chi connectivity index (χ0v) is 15.7. The molecule has 5 nitrogen and oxygen atoms in total. The summed E-state index contributed by atoms with van der Waals surface area (Å²) in [4.78, 5) is 24.2. The Bertz CT molecular complexity index is 695. The predicted molar refractivity (Wildman–Crippen MR) is 98.2 cm³/mol. The molecule has 2 aliphatic carbocycles. The molecule has 5 heteroatoms. The van der Waals surface area contributed by atoms with Crippen LogP contribution in [0.1, 0.15) is 87.8 Å². The normalized spacial score (nSPS) is 31.5. The molecule has 2 bridgehead atoms. The van der Waals surface area contributed by atoms with E-state index >= 15 is 0 Å². The Labute approximate surface area is 150 Å². The molecule has 0 aromatic carbocycles. The number of fused-ring (bicyclic) bond motifs is 2. The molecule has 1 amide bonds. The van der Waals surface area contributed by atoms with E-state index in [2.05, 4.69) is 30.7 Å². The van der Waals surface area contributed by atoms with Crippen molar-refractivity contribution in [2.45, 2.75) is 77.7 Å². The molecule has 1 aliphatic heterocycles. The molecule has 0 radical (unpaired) electrons. The molecule has 0 spiro atoms. The number of aromatic nitrogens is 2. The Hall–Kier alpha value is -1.65. The number of nitrogen functional groups attached to an aromatic ring is 1. The number of carbonyl (C=O) groups excluding carboxylic acids is 1. The molecule has 2 unspecified atom stereocenters. The molecule has 3 fully saturated rings. The number of nitrogens with two attached hydrogens (primary N) is 1. The quantitative estimate of drug-likeness (QED) is 0.888. The molecule has 2 saturated carbocycles. The number of nitrogens with zero attached hydrogens (tertiary/aromatic N) is 3. The number of hydrogen-bond acceptors (Lipinski definition) is 4. The number of likely N-dealkylation sites (tertiary alicyclic amines) is 1. The maximum Gasteiger partial charge on any atom is 0.259 e. The van der Waals surface area contributed by atoms with Gasteiger partial charge < -0.3 is 10.6 Å². The number of amides is 1. The van der Waals surface area contributed by atoms with E-state index in [-0.39, 0.29) is 11.3 Å². The van der Waals surface area contributed by atoms with Gasteiger partial charge >= 0.3 is 0 Å². The highest BCUT2D eigenvalue weighted by atomic mass is 16.2. The van der Waals surface area contributed by atoms with Crippen LogP contribution in [0.4, 0.5) is 5.82 Å². The summed E-state index contributed by atoms with van der Waals surface area (Å²) < 4.78 is 0. The lowest BCUT2D eigenvalue weighted by Crippen LogP contribution is -2.38. The SMILES string of the molecule is CC1(C)CC2CC(C)(CN2C(=O)c2cnc(C3CCCC3)nc2N)C1. The van der Waals surface area contributed by atoms with Crippen molar-refractivity contribution < 1.29 is 4.79 Å². The van der Waals surface area contributed by atoms with Crippen molar-refractivity contribution in [3.63, 3.8) is 0 Å². The molecular weight excluding hydrogens is 312 g/mol. The fourth-order valence-electron chi connectivity index (χ4n) is 5.81. The van der Waals surface area contributed by atoms with Gasteiger partial charge in [0.2, 0.25) is 0 Å².